The number of ether oxygens (including phenoxy) is 1. The minimum atomic E-state index is -0.602. The molecule has 20 heavy (non-hydrogen) atoms. The van der Waals surface area contributed by atoms with E-state index in [1.54, 1.807) is 33.0 Å². The van der Waals surface area contributed by atoms with Gasteiger partial charge in [0.05, 0.1) is 28.5 Å². The maximum Gasteiger partial charge on any atom is 0.419 e. The smallest absolute Gasteiger partial charge is 0.419 e. The first-order valence-electron chi connectivity index (χ1n) is 6.07. The van der Waals surface area contributed by atoms with E-state index in [-0.39, 0.29) is 6.42 Å². The van der Waals surface area contributed by atoms with Crippen molar-refractivity contribution < 1.29 is 9.53 Å². The van der Waals surface area contributed by atoms with E-state index in [2.05, 4.69) is 11.1 Å². The third-order valence-electron chi connectivity index (χ3n) is 2.54. The fourth-order valence-electron chi connectivity index (χ4n) is 1.82. The first kappa shape index (κ1) is 14.4. The second-order valence-electron chi connectivity index (χ2n) is 5.36. The van der Waals surface area contributed by atoms with Crippen LogP contribution in [0.1, 0.15) is 26.3 Å². The van der Waals surface area contributed by atoms with E-state index in [4.69, 9.17) is 21.6 Å². The van der Waals surface area contributed by atoms with Crippen LogP contribution in [-0.2, 0) is 11.2 Å². The Morgan fingerprint density at radius 1 is 1.55 bits per heavy atom. The number of nitriles is 1. The molecule has 0 atom stereocenters. The third-order valence-corrected chi connectivity index (χ3v) is 2.75. The van der Waals surface area contributed by atoms with Gasteiger partial charge in [-0.25, -0.2) is 4.79 Å². The van der Waals surface area contributed by atoms with Gasteiger partial charge in [0.25, 0.3) is 0 Å². The average Bonchev–Trinajstić information content (AvgIpc) is 2.66. The van der Waals surface area contributed by atoms with E-state index in [0.717, 1.165) is 0 Å². The molecule has 6 heteroatoms. The molecule has 2 rings (SSSR count). The first-order valence-corrected chi connectivity index (χ1v) is 6.45. The van der Waals surface area contributed by atoms with Crippen LogP contribution in [0, 0.1) is 11.3 Å². The van der Waals surface area contributed by atoms with Crippen LogP contribution in [0.15, 0.2) is 18.5 Å². The molecule has 0 aliphatic rings. The van der Waals surface area contributed by atoms with E-state index in [1.165, 1.54) is 10.8 Å². The number of hydrogen-bond acceptors (Lipinski definition) is 4. The predicted octanol–water partition coefficient (Wildman–Crippen LogP) is 3.54. The van der Waals surface area contributed by atoms with Crippen LogP contribution in [0.5, 0.6) is 0 Å². The van der Waals surface area contributed by atoms with Crippen molar-refractivity contribution in [1.82, 2.24) is 9.55 Å². The quantitative estimate of drug-likeness (QED) is 0.806. The van der Waals surface area contributed by atoms with Crippen LogP contribution < -0.4 is 0 Å². The number of rotatable bonds is 1. The van der Waals surface area contributed by atoms with Crippen molar-refractivity contribution in [2.75, 3.05) is 0 Å². The summed E-state index contributed by atoms with van der Waals surface area (Å²) in [6.45, 7) is 5.37. The maximum absolute atomic E-state index is 12.2. The second kappa shape index (κ2) is 5.14. The molecular weight excluding hydrogens is 278 g/mol. The molecule has 0 unspecified atom stereocenters. The SMILES string of the molecule is CC(C)(C)OC(=O)n1cc(CC#N)c2ncc(Cl)cc21. The van der Waals surface area contributed by atoms with Crippen LogP contribution >= 0.6 is 11.6 Å². The molecule has 0 bridgehead atoms. The van der Waals surface area contributed by atoms with Gasteiger partial charge in [0.1, 0.15) is 5.60 Å². The van der Waals surface area contributed by atoms with E-state index in [1.807, 2.05) is 0 Å². The maximum atomic E-state index is 12.2. The lowest BCUT2D eigenvalue weighted by Crippen LogP contribution is -2.26. The molecule has 0 aromatic carbocycles. The summed E-state index contributed by atoms with van der Waals surface area (Å²) in [6, 6.07) is 3.69. The number of hydrogen-bond donors (Lipinski definition) is 0. The molecule has 2 heterocycles. The Balaban J connectivity index is 2.55. The topological polar surface area (TPSA) is 67.9 Å². The van der Waals surface area contributed by atoms with Crippen molar-refractivity contribution in [1.29, 1.82) is 5.26 Å². The molecule has 0 aliphatic carbocycles. The fraction of sp³-hybridized carbons (Fsp3) is 0.357. The van der Waals surface area contributed by atoms with Gasteiger partial charge in [-0.2, -0.15) is 5.26 Å². The highest BCUT2D eigenvalue weighted by atomic mass is 35.5. The van der Waals surface area contributed by atoms with E-state index in [9.17, 15) is 4.79 Å². The molecule has 0 aliphatic heterocycles. The van der Waals surface area contributed by atoms with Gasteiger partial charge in [-0.3, -0.25) is 9.55 Å². The van der Waals surface area contributed by atoms with Gasteiger partial charge < -0.3 is 4.74 Å². The fourth-order valence-corrected chi connectivity index (χ4v) is 1.97. The number of fused-ring (bicyclic) bond motifs is 1. The molecule has 0 saturated carbocycles. The Kier molecular flexibility index (Phi) is 3.69. The lowest BCUT2D eigenvalue weighted by Gasteiger charge is -2.19. The molecule has 2 aromatic rings. The van der Waals surface area contributed by atoms with Crippen molar-refractivity contribution in [2.45, 2.75) is 32.8 Å². The van der Waals surface area contributed by atoms with Crippen LogP contribution in [0.2, 0.25) is 5.02 Å². The Bertz CT molecular complexity index is 708. The number of pyridine rings is 1. The lowest BCUT2D eigenvalue weighted by atomic mass is 10.2. The number of nitrogens with zero attached hydrogens (tertiary/aromatic N) is 3. The highest BCUT2D eigenvalue weighted by Gasteiger charge is 2.21. The van der Waals surface area contributed by atoms with Crippen LogP contribution in [0.3, 0.4) is 0 Å². The third kappa shape index (κ3) is 2.91. The summed E-state index contributed by atoms with van der Waals surface area (Å²) >= 11 is 5.92. The molecule has 104 valence electrons. The van der Waals surface area contributed by atoms with Crippen molar-refractivity contribution in [3.63, 3.8) is 0 Å². The molecule has 5 nitrogen and oxygen atoms in total. The zero-order valence-corrected chi connectivity index (χ0v) is 12.2. The van der Waals surface area contributed by atoms with Crippen molar-refractivity contribution in [3.05, 3.63) is 29.0 Å². The van der Waals surface area contributed by atoms with Gasteiger partial charge in [-0.1, -0.05) is 11.6 Å². The number of halogens is 1. The highest BCUT2D eigenvalue weighted by Crippen LogP contribution is 2.24. The standard InChI is InChI=1S/C14H14ClN3O2/c1-14(2,3)20-13(19)18-8-9(4-5-16)12-11(18)6-10(15)7-17-12/h6-8H,4H2,1-3H3. The lowest BCUT2D eigenvalue weighted by molar-refractivity contribution is 0.0544. The largest absolute Gasteiger partial charge is 0.443 e. The van der Waals surface area contributed by atoms with Crippen LogP contribution in [0.4, 0.5) is 4.79 Å². The minimum Gasteiger partial charge on any atom is -0.443 e. The average molecular weight is 292 g/mol. The van der Waals surface area contributed by atoms with Crippen molar-refractivity contribution in [2.24, 2.45) is 0 Å². The van der Waals surface area contributed by atoms with E-state index < -0.39 is 11.7 Å². The molecule has 2 aromatic heterocycles. The second-order valence-corrected chi connectivity index (χ2v) is 5.80. The molecule has 0 fully saturated rings. The van der Waals surface area contributed by atoms with Gasteiger partial charge >= 0.3 is 6.09 Å². The van der Waals surface area contributed by atoms with Crippen molar-refractivity contribution in [3.8, 4) is 6.07 Å². The Hall–Kier alpha value is -2.06. The number of aromatic nitrogens is 2. The summed E-state index contributed by atoms with van der Waals surface area (Å²) in [4.78, 5) is 16.4. The molecule has 0 spiro atoms. The monoisotopic (exact) mass is 291 g/mol. The first-order chi connectivity index (χ1) is 9.31. The van der Waals surface area contributed by atoms with Gasteiger partial charge in [-0.05, 0) is 26.8 Å². The van der Waals surface area contributed by atoms with E-state index >= 15 is 0 Å². The summed E-state index contributed by atoms with van der Waals surface area (Å²) in [5.41, 5.74) is 1.19. The predicted molar refractivity (Wildman–Crippen MR) is 75.7 cm³/mol. The van der Waals surface area contributed by atoms with Crippen molar-refractivity contribution >= 4 is 28.7 Å². The minimum absolute atomic E-state index is 0.168. The summed E-state index contributed by atoms with van der Waals surface area (Å²) in [5, 5.41) is 9.26. The zero-order chi connectivity index (χ0) is 14.9. The molecule has 0 N–H and O–H groups in total. The van der Waals surface area contributed by atoms with Crippen LogP contribution in [-0.4, -0.2) is 21.2 Å². The number of carbonyl (C=O) groups excluding carboxylic acids is 1. The normalized spacial score (nSPS) is 11.3. The summed E-state index contributed by atoms with van der Waals surface area (Å²) < 4.78 is 6.67. The zero-order valence-electron chi connectivity index (χ0n) is 11.5. The molecule has 0 saturated heterocycles. The highest BCUT2D eigenvalue weighted by molar-refractivity contribution is 6.31. The summed E-state index contributed by atoms with van der Waals surface area (Å²) in [6.07, 6.45) is 2.71. The molecular formula is C14H14ClN3O2. The summed E-state index contributed by atoms with van der Waals surface area (Å²) in [7, 11) is 0. The van der Waals surface area contributed by atoms with Crippen LogP contribution in [0.25, 0.3) is 11.0 Å². The Morgan fingerprint density at radius 2 is 2.25 bits per heavy atom. The van der Waals surface area contributed by atoms with Gasteiger partial charge in [-0.15, -0.1) is 0 Å². The Labute approximate surface area is 121 Å². The molecule has 0 amide bonds. The van der Waals surface area contributed by atoms with Gasteiger partial charge in [0, 0.05) is 18.0 Å². The number of carbonyl (C=O) groups is 1. The van der Waals surface area contributed by atoms with Gasteiger partial charge in [0.2, 0.25) is 0 Å². The van der Waals surface area contributed by atoms with E-state index in [0.29, 0.717) is 21.6 Å². The van der Waals surface area contributed by atoms with Gasteiger partial charge in [0.15, 0.2) is 0 Å². The summed E-state index contributed by atoms with van der Waals surface area (Å²) in [5.74, 6) is 0. The molecule has 0 radical (unpaired) electrons. The Morgan fingerprint density at radius 3 is 2.85 bits per heavy atom.